The smallest absolute Gasteiger partial charge is 0.0589 e. The molecule has 1 heterocycles. The van der Waals surface area contributed by atoms with E-state index >= 15 is 0 Å². The van der Waals surface area contributed by atoms with Gasteiger partial charge in [0.05, 0.1) is 16.8 Å². The van der Waals surface area contributed by atoms with Gasteiger partial charge in [0.2, 0.25) is 0 Å². The number of rotatable bonds is 6. The van der Waals surface area contributed by atoms with Gasteiger partial charge in [-0.15, -0.1) is 0 Å². The van der Waals surface area contributed by atoms with Crippen LogP contribution >= 0.6 is 23.2 Å². The van der Waals surface area contributed by atoms with Crippen LogP contribution in [0.2, 0.25) is 10.0 Å². The maximum absolute atomic E-state index is 6.35. The first-order valence-corrected chi connectivity index (χ1v) is 7.95. The highest BCUT2D eigenvalue weighted by atomic mass is 35.5. The molecule has 21 heavy (non-hydrogen) atoms. The van der Waals surface area contributed by atoms with Gasteiger partial charge in [-0.1, -0.05) is 42.3 Å². The Morgan fingerprint density at radius 2 is 2.00 bits per heavy atom. The molecule has 1 aromatic heterocycles. The predicted molar refractivity (Wildman–Crippen MR) is 90.2 cm³/mol. The largest absolute Gasteiger partial charge is 0.308 e. The monoisotopic (exact) mass is 322 g/mol. The SMILES string of the molecule is CCCNC(Cc1ccc(C)cc1Cl)c1ccc(Cl)cn1. The normalized spacial score (nSPS) is 12.4. The number of hydrogen-bond acceptors (Lipinski definition) is 2. The molecule has 0 aliphatic heterocycles. The molecule has 2 aromatic rings. The summed E-state index contributed by atoms with van der Waals surface area (Å²) in [7, 11) is 0. The van der Waals surface area contributed by atoms with Crippen LogP contribution in [0.1, 0.15) is 36.2 Å². The summed E-state index contributed by atoms with van der Waals surface area (Å²) in [4.78, 5) is 4.44. The average molecular weight is 323 g/mol. The van der Waals surface area contributed by atoms with E-state index in [1.165, 1.54) is 5.56 Å². The van der Waals surface area contributed by atoms with Crippen LogP contribution in [-0.2, 0) is 6.42 Å². The fraction of sp³-hybridized carbons (Fsp3) is 0.353. The lowest BCUT2D eigenvalue weighted by atomic mass is 10.0. The van der Waals surface area contributed by atoms with Gasteiger partial charge in [0.15, 0.2) is 0 Å². The number of nitrogens with zero attached hydrogens (tertiary/aromatic N) is 1. The van der Waals surface area contributed by atoms with Crippen LogP contribution < -0.4 is 5.32 Å². The van der Waals surface area contributed by atoms with Gasteiger partial charge < -0.3 is 5.32 Å². The second kappa shape index (κ2) is 7.79. The van der Waals surface area contributed by atoms with Crippen molar-refractivity contribution in [3.05, 3.63) is 63.4 Å². The van der Waals surface area contributed by atoms with E-state index in [4.69, 9.17) is 23.2 Å². The van der Waals surface area contributed by atoms with E-state index in [9.17, 15) is 0 Å². The second-order valence-corrected chi connectivity index (χ2v) is 6.05. The molecule has 0 saturated carbocycles. The van der Waals surface area contributed by atoms with Crippen LogP contribution in [-0.4, -0.2) is 11.5 Å². The van der Waals surface area contributed by atoms with Gasteiger partial charge in [0.25, 0.3) is 0 Å². The first-order valence-electron chi connectivity index (χ1n) is 7.20. The topological polar surface area (TPSA) is 24.9 Å². The van der Waals surface area contributed by atoms with E-state index < -0.39 is 0 Å². The van der Waals surface area contributed by atoms with Crippen molar-refractivity contribution >= 4 is 23.2 Å². The molecule has 0 aliphatic carbocycles. The Hall–Kier alpha value is -1.09. The van der Waals surface area contributed by atoms with Crippen LogP contribution in [0.15, 0.2) is 36.5 Å². The highest BCUT2D eigenvalue weighted by Crippen LogP contribution is 2.24. The lowest BCUT2D eigenvalue weighted by molar-refractivity contribution is 0.518. The lowest BCUT2D eigenvalue weighted by Gasteiger charge is -2.19. The van der Waals surface area contributed by atoms with Crippen molar-refractivity contribution in [3.8, 4) is 0 Å². The van der Waals surface area contributed by atoms with Crippen molar-refractivity contribution in [2.45, 2.75) is 32.7 Å². The summed E-state index contributed by atoms with van der Waals surface area (Å²) in [5.74, 6) is 0. The summed E-state index contributed by atoms with van der Waals surface area (Å²) in [5.41, 5.74) is 3.29. The molecule has 0 amide bonds. The van der Waals surface area contributed by atoms with E-state index in [1.54, 1.807) is 6.20 Å². The predicted octanol–water partition coefficient (Wildman–Crippen LogP) is 4.98. The van der Waals surface area contributed by atoms with Gasteiger partial charge in [-0.25, -0.2) is 0 Å². The minimum absolute atomic E-state index is 0.141. The summed E-state index contributed by atoms with van der Waals surface area (Å²) < 4.78 is 0. The standard InChI is InChI=1S/C17H20Cl2N2/c1-3-8-20-17(16-7-6-14(18)11-21-16)10-13-5-4-12(2)9-15(13)19/h4-7,9,11,17,20H,3,8,10H2,1-2H3. The fourth-order valence-corrected chi connectivity index (χ4v) is 2.66. The number of aryl methyl sites for hydroxylation is 1. The number of aromatic nitrogens is 1. The van der Waals surface area contributed by atoms with Crippen LogP contribution in [0.25, 0.3) is 0 Å². The Morgan fingerprint density at radius 1 is 1.19 bits per heavy atom. The summed E-state index contributed by atoms with van der Waals surface area (Å²) in [6, 6.07) is 10.2. The van der Waals surface area contributed by atoms with E-state index in [1.807, 2.05) is 25.1 Å². The van der Waals surface area contributed by atoms with E-state index in [2.05, 4.69) is 29.4 Å². The van der Waals surface area contributed by atoms with Crippen molar-refractivity contribution in [1.82, 2.24) is 10.3 Å². The molecule has 0 aliphatic rings. The lowest BCUT2D eigenvalue weighted by Crippen LogP contribution is -2.25. The Kier molecular flexibility index (Phi) is 6.04. The Balaban J connectivity index is 2.21. The number of hydrogen-bond donors (Lipinski definition) is 1. The summed E-state index contributed by atoms with van der Waals surface area (Å²) in [6.07, 6.45) is 3.58. The molecule has 2 nitrogen and oxygen atoms in total. The number of benzene rings is 1. The maximum atomic E-state index is 6.35. The molecule has 112 valence electrons. The molecule has 1 N–H and O–H groups in total. The van der Waals surface area contributed by atoms with Gasteiger partial charge in [0.1, 0.15) is 0 Å². The second-order valence-electron chi connectivity index (χ2n) is 5.21. The molecule has 2 rings (SSSR count). The van der Waals surface area contributed by atoms with Crippen LogP contribution in [0.3, 0.4) is 0 Å². The fourth-order valence-electron chi connectivity index (χ4n) is 2.23. The van der Waals surface area contributed by atoms with Gasteiger partial charge in [-0.3, -0.25) is 4.98 Å². The van der Waals surface area contributed by atoms with Gasteiger partial charge >= 0.3 is 0 Å². The maximum Gasteiger partial charge on any atom is 0.0589 e. The molecule has 0 saturated heterocycles. The summed E-state index contributed by atoms with van der Waals surface area (Å²) >= 11 is 12.3. The van der Waals surface area contributed by atoms with Crippen LogP contribution in [0.5, 0.6) is 0 Å². The van der Waals surface area contributed by atoms with Gasteiger partial charge in [-0.2, -0.15) is 0 Å². The molecule has 0 bridgehead atoms. The Morgan fingerprint density at radius 3 is 2.62 bits per heavy atom. The van der Waals surface area contributed by atoms with Crippen LogP contribution in [0, 0.1) is 6.92 Å². The van der Waals surface area contributed by atoms with Crippen molar-refractivity contribution in [1.29, 1.82) is 0 Å². The molecule has 1 aromatic carbocycles. The third-order valence-electron chi connectivity index (χ3n) is 3.38. The van der Waals surface area contributed by atoms with Crippen molar-refractivity contribution < 1.29 is 0 Å². The Bertz CT molecular complexity index is 582. The molecule has 0 spiro atoms. The first kappa shape index (κ1) is 16.3. The molecule has 4 heteroatoms. The zero-order chi connectivity index (χ0) is 15.2. The number of nitrogens with one attached hydrogen (secondary N) is 1. The third kappa shape index (κ3) is 4.70. The molecule has 0 radical (unpaired) electrons. The van der Waals surface area contributed by atoms with E-state index in [-0.39, 0.29) is 6.04 Å². The average Bonchev–Trinajstić information content (AvgIpc) is 2.46. The number of pyridine rings is 1. The quantitative estimate of drug-likeness (QED) is 0.811. The Labute approximate surface area is 136 Å². The molecule has 1 atom stereocenters. The molecular formula is C17H20Cl2N2. The zero-order valence-corrected chi connectivity index (χ0v) is 13.9. The van der Waals surface area contributed by atoms with Crippen LogP contribution in [0.4, 0.5) is 0 Å². The molecule has 1 unspecified atom stereocenters. The summed E-state index contributed by atoms with van der Waals surface area (Å²) in [5, 5.41) is 5.00. The highest BCUT2D eigenvalue weighted by Gasteiger charge is 2.14. The molecule has 0 fully saturated rings. The molecular weight excluding hydrogens is 303 g/mol. The first-order chi connectivity index (χ1) is 10.1. The minimum Gasteiger partial charge on any atom is -0.308 e. The van der Waals surface area contributed by atoms with Crippen molar-refractivity contribution in [2.75, 3.05) is 6.54 Å². The summed E-state index contributed by atoms with van der Waals surface area (Å²) in [6.45, 7) is 5.14. The number of halogens is 2. The van der Waals surface area contributed by atoms with Gasteiger partial charge in [0, 0.05) is 11.2 Å². The van der Waals surface area contributed by atoms with E-state index in [0.29, 0.717) is 5.02 Å². The third-order valence-corrected chi connectivity index (χ3v) is 3.96. The van der Waals surface area contributed by atoms with Crippen molar-refractivity contribution in [2.24, 2.45) is 0 Å². The minimum atomic E-state index is 0.141. The highest BCUT2D eigenvalue weighted by molar-refractivity contribution is 6.31. The van der Waals surface area contributed by atoms with Crippen molar-refractivity contribution in [3.63, 3.8) is 0 Å². The van der Waals surface area contributed by atoms with Gasteiger partial charge in [-0.05, 0) is 55.6 Å². The van der Waals surface area contributed by atoms with E-state index in [0.717, 1.165) is 35.7 Å². The zero-order valence-electron chi connectivity index (χ0n) is 12.4.